The molecule has 0 amide bonds. The van der Waals surface area contributed by atoms with Gasteiger partial charge < -0.3 is 4.74 Å². The smallest absolute Gasteiger partial charge is 0.311 e. The largest absolute Gasteiger partial charge is 0.462 e. The van der Waals surface area contributed by atoms with Crippen LogP contribution >= 0.6 is 0 Å². The van der Waals surface area contributed by atoms with Crippen molar-refractivity contribution in [1.82, 2.24) is 0 Å². The molecule has 0 aromatic rings. The maximum absolute atomic E-state index is 11.2. The second-order valence-electron chi connectivity index (χ2n) is 4.26. The molecule has 1 unspecified atom stereocenters. The van der Waals surface area contributed by atoms with E-state index >= 15 is 0 Å². The summed E-state index contributed by atoms with van der Waals surface area (Å²) >= 11 is 0. The number of rotatable bonds is 3. The van der Waals surface area contributed by atoms with Gasteiger partial charge in [0.25, 0.3) is 0 Å². The van der Waals surface area contributed by atoms with Crippen LogP contribution in [0.15, 0.2) is 0 Å². The predicted octanol–water partition coefficient (Wildman–Crippen LogP) is 2.52. The van der Waals surface area contributed by atoms with Gasteiger partial charge in [-0.05, 0) is 26.7 Å². The van der Waals surface area contributed by atoms with Crippen molar-refractivity contribution in [3.05, 3.63) is 0 Å². The summed E-state index contributed by atoms with van der Waals surface area (Å²) in [5.41, 5.74) is -0.238. The molecule has 0 saturated carbocycles. The van der Waals surface area contributed by atoms with Gasteiger partial charge in [-0.25, -0.2) is 0 Å². The summed E-state index contributed by atoms with van der Waals surface area (Å²) in [5.74, 6) is -0.0244. The van der Waals surface area contributed by atoms with Crippen LogP contribution in [0.1, 0.15) is 46.5 Å². The molecule has 70 valence electrons. The standard InChI is InChI=1S/C10H18O2/c1-4-5-6-8-7-10(2,3)9(11)12-8/h8H,4-7H2,1-3H3. The van der Waals surface area contributed by atoms with Crippen LogP contribution in [0.5, 0.6) is 0 Å². The van der Waals surface area contributed by atoms with Gasteiger partial charge in [0.1, 0.15) is 6.10 Å². The molecule has 12 heavy (non-hydrogen) atoms. The molecule has 2 heteroatoms. The minimum absolute atomic E-state index is 0.0244. The van der Waals surface area contributed by atoms with Crippen LogP contribution in [0.4, 0.5) is 0 Å². The molecule has 1 aliphatic heterocycles. The molecule has 1 atom stereocenters. The van der Waals surface area contributed by atoms with Crippen molar-refractivity contribution in [2.24, 2.45) is 5.41 Å². The van der Waals surface area contributed by atoms with Gasteiger partial charge in [-0.2, -0.15) is 0 Å². The molecular formula is C10H18O2. The van der Waals surface area contributed by atoms with Crippen molar-refractivity contribution in [3.8, 4) is 0 Å². The van der Waals surface area contributed by atoms with Crippen LogP contribution in [0.2, 0.25) is 0 Å². The summed E-state index contributed by atoms with van der Waals surface area (Å²) in [5, 5.41) is 0. The van der Waals surface area contributed by atoms with Crippen LogP contribution < -0.4 is 0 Å². The van der Waals surface area contributed by atoms with Gasteiger partial charge in [0.15, 0.2) is 0 Å². The average Bonchev–Trinajstić information content (AvgIpc) is 2.22. The maximum atomic E-state index is 11.2. The number of cyclic esters (lactones) is 1. The number of ether oxygens (including phenoxy) is 1. The van der Waals surface area contributed by atoms with Crippen LogP contribution in [0.3, 0.4) is 0 Å². The second-order valence-corrected chi connectivity index (χ2v) is 4.26. The van der Waals surface area contributed by atoms with E-state index in [1.54, 1.807) is 0 Å². The lowest BCUT2D eigenvalue weighted by Crippen LogP contribution is -2.16. The Morgan fingerprint density at radius 3 is 2.67 bits per heavy atom. The fraction of sp³-hybridized carbons (Fsp3) is 0.900. The lowest BCUT2D eigenvalue weighted by Gasteiger charge is -2.09. The summed E-state index contributed by atoms with van der Waals surface area (Å²) in [6.45, 7) is 6.07. The van der Waals surface area contributed by atoms with Crippen LogP contribution in [-0.2, 0) is 9.53 Å². The van der Waals surface area contributed by atoms with Crippen molar-refractivity contribution in [2.45, 2.75) is 52.6 Å². The van der Waals surface area contributed by atoms with E-state index in [1.165, 1.54) is 6.42 Å². The predicted molar refractivity (Wildman–Crippen MR) is 47.8 cm³/mol. The normalized spacial score (nSPS) is 27.2. The zero-order chi connectivity index (χ0) is 9.19. The number of carbonyl (C=O) groups is 1. The molecule has 2 nitrogen and oxygen atoms in total. The topological polar surface area (TPSA) is 26.3 Å². The zero-order valence-corrected chi connectivity index (χ0v) is 8.22. The van der Waals surface area contributed by atoms with Crippen molar-refractivity contribution >= 4 is 5.97 Å². The SMILES string of the molecule is CCCCC1CC(C)(C)C(=O)O1. The molecule has 0 aliphatic carbocycles. The lowest BCUT2D eigenvalue weighted by molar-refractivity contribution is -0.147. The third kappa shape index (κ3) is 1.99. The fourth-order valence-electron chi connectivity index (χ4n) is 1.60. The zero-order valence-electron chi connectivity index (χ0n) is 8.22. The summed E-state index contributed by atoms with van der Waals surface area (Å²) < 4.78 is 5.24. The van der Waals surface area contributed by atoms with Gasteiger partial charge in [0.2, 0.25) is 0 Å². The molecule has 1 fully saturated rings. The van der Waals surface area contributed by atoms with Crippen LogP contribution in [0, 0.1) is 5.41 Å². The van der Waals surface area contributed by atoms with Gasteiger partial charge in [0.05, 0.1) is 5.41 Å². The summed E-state index contributed by atoms with van der Waals surface area (Å²) in [6.07, 6.45) is 4.45. The molecular weight excluding hydrogens is 152 g/mol. The van der Waals surface area contributed by atoms with Gasteiger partial charge in [-0.1, -0.05) is 19.8 Å². The Bertz CT molecular complexity index is 173. The molecule has 1 rings (SSSR count). The van der Waals surface area contributed by atoms with E-state index in [1.807, 2.05) is 13.8 Å². The monoisotopic (exact) mass is 170 g/mol. The molecule has 1 heterocycles. The van der Waals surface area contributed by atoms with E-state index < -0.39 is 0 Å². The van der Waals surface area contributed by atoms with Crippen molar-refractivity contribution in [3.63, 3.8) is 0 Å². The van der Waals surface area contributed by atoms with E-state index in [9.17, 15) is 4.79 Å². The highest BCUT2D eigenvalue weighted by Crippen LogP contribution is 2.34. The van der Waals surface area contributed by atoms with E-state index in [0.29, 0.717) is 0 Å². The fourth-order valence-corrected chi connectivity index (χ4v) is 1.60. The minimum atomic E-state index is -0.238. The van der Waals surface area contributed by atoms with Gasteiger partial charge >= 0.3 is 5.97 Å². The molecule has 0 aromatic heterocycles. The van der Waals surface area contributed by atoms with Crippen molar-refractivity contribution < 1.29 is 9.53 Å². The highest BCUT2D eigenvalue weighted by atomic mass is 16.6. The first kappa shape index (κ1) is 9.56. The number of hydrogen-bond acceptors (Lipinski definition) is 2. The molecule has 1 saturated heterocycles. The Labute approximate surface area is 74.3 Å². The van der Waals surface area contributed by atoms with Gasteiger partial charge in [-0.15, -0.1) is 0 Å². The summed E-state index contributed by atoms with van der Waals surface area (Å²) in [7, 11) is 0. The van der Waals surface area contributed by atoms with Crippen LogP contribution in [0.25, 0.3) is 0 Å². The van der Waals surface area contributed by atoms with Crippen molar-refractivity contribution in [2.75, 3.05) is 0 Å². The van der Waals surface area contributed by atoms with Crippen LogP contribution in [-0.4, -0.2) is 12.1 Å². The Kier molecular flexibility index (Phi) is 2.76. The first-order valence-electron chi connectivity index (χ1n) is 4.77. The number of unbranched alkanes of at least 4 members (excludes halogenated alkanes) is 1. The first-order chi connectivity index (χ1) is 5.56. The van der Waals surface area contributed by atoms with E-state index in [0.717, 1.165) is 19.3 Å². The number of carbonyl (C=O) groups excluding carboxylic acids is 1. The second kappa shape index (κ2) is 3.46. The molecule has 1 aliphatic rings. The molecule has 0 spiro atoms. The molecule has 0 bridgehead atoms. The quantitative estimate of drug-likeness (QED) is 0.608. The summed E-state index contributed by atoms with van der Waals surface area (Å²) in [6, 6.07) is 0. The first-order valence-corrected chi connectivity index (χ1v) is 4.77. The van der Waals surface area contributed by atoms with Crippen molar-refractivity contribution in [1.29, 1.82) is 0 Å². The van der Waals surface area contributed by atoms with E-state index in [2.05, 4.69) is 6.92 Å². The Morgan fingerprint density at radius 1 is 1.58 bits per heavy atom. The molecule has 0 aromatic carbocycles. The highest BCUT2D eigenvalue weighted by Gasteiger charge is 2.40. The number of esters is 1. The average molecular weight is 170 g/mol. The summed E-state index contributed by atoms with van der Waals surface area (Å²) in [4.78, 5) is 11.2. The Morgan fingerprint density at radius 2 is 2.25 bits per heavy atom. The highest BCUT2D eigenvalue weighted by molar-refractivity contribution is 5.78. The maximum Gasteiger partial charge on any atom is 0.311 e. The van der Waals surface area contributed by atoms with Gasteiger partial charge in [0, 0.05) is 0 Å². The Balaban J connectivity index is 2.39. The van der Waals surface area contributed by atoms with Gasteiger partial charge in [-0.3, -0.25) is 4.79 Å². The third-order valence-corrected chi connectivity index (χ3v) is 2.44. The lowest BCUT2D eigenvalue weighted by atomic mass is 9.89. The molecule has 0 N–H and O–H groups in total. The van der Waals surface area contributed by atoms with E-state index in [4.69, 9.17) is 4.74 Å². The number of hydrogen-bond donors (Lipinski definition) is 0. The third-order valence-electron chi connectivity index (χ3n) is 2.44. The minimum Gasteiger partial charge on any atom is -0.462 e. The van der Waals surface area contributed by atoms with E-state index in [-0.39, 0.29) is 17.5 Å². The Hall–Kier alpha value is -0.530. The molecule has 0 radical (unpaired) electrons.